The minimum absolute atomic E-state index is 0.0980. The highest BCUT2D eigenvalue weighted by molar-refractivity contribution is 6.31. The quantitative estimate of drug-likeness (QED) is 0.289. The lowest BCUT2D eigenvalue weighted by atomic mass is 9.84. The summed E-state index contributed by atoms with van der Waals surface area (Å²) < 4.78 is 10.9. The number of ketones is 1. The van der Waals surface area contributed by atoms with Gasteiger partial charge in [0.1, 0.15) is 11.5 Å². The second-order valence-corrected chi connectivity index (χ2v) is 8.37. The SMILES string of the molecule is C=CC(C)(C)c1cc(C=CC(=O)c2ccc(OC)c(CN(C)C)c2)c(OC)cc1Cl. The van der Waals surface area contributed by atoms with Gasteiger partial charge >= 0.3 is 0 Å². The number of hydrogen-bond acceptors (Lipinski definition) is 4. The zero-order valence-electron chi connectivity index (χ0n) is 18.6. The molecule has 160 valence electrons. The smallest absolute Gasteiger partial charge is 0.185 e. The summed E-state index contributed by atoms with van der Waals surface area (Å²) in [5.41, 5.74) is 2.95. The number of carbonyl (C=O) groups excluding carboxylic acids is 1. The van der Waals surface area contributed by atoms with Crippen LogP contribution in [-0.2, 0) is 12.0 Å². The van der Waals surface area contributed by atoms with Crippen LogP contribution in [0, 0.1) is 0 Å². The van der Waals surface area contributed by atoms with Crippen molar-refractivity contribution in [2.45, 2.75) is 25.8 Å². The molecule has 0 aliphatic heterocycles. The Bertz CT molecular complexity index is 961. The molecule has 0 fully saturated rings. The van der Waals surface area contributed by atoms with Crippen LogP contribution in [0.3, 0.4) is 0 Å². The van der Waals surface area contributed by atoms with E-state index in [1.54, 1.807) is 38.5 Å². The third kappa shape index (κ3) is 5.53. The fourth-order valence-corrected chi connectivity index (χ4v) is 3.54. The van der Waals surface area contributed by atoms with Crippen molar-refractivity contribution in [1.82, 2.24) is 4.90 Å². The molecule has 0 aliphatic carbocycles. The Labute approximate surface area is 184 Å². The van der Waals surface area contributed by atoms with Gasteiger partial charge in [0.25, 0.3) is 0 Å². The predicted octanol–water partition coefficient (Wildman–Crippen LogP) is 5.78. The van der Waals surface area contributed by atoms with Crippen LogP contribution in [0.25, 0.3) is 6.08 Å². The number of ether oxygens (including phenoxy) is 2. The molecular formula is C25H30ClNO3. The number of benzene rings is 2. The first-order valence-electron chi connectivity index (χ1n) is 9.68. The lowest BCUT2D eigenvalue weighted by molar-refractivity contribution is 0.104. The summed E-state index contributed by atoms with van der Waals surface area (Å²) >= 11 is 6.45. The topological polar surface area (TPSA) is 38.8 Å². The Morgan fingerprint density at radius 2 is 1.80 bits per heavy atom. The van der Waals surface area contributed by atoms with Gasteiger partial charge < -0.3 is 14.4 Å². The number of hydrogen-bond donors (Lipinski definition) is 0. The molecule has 2 rings (SSSR count). The highest BCUT2D eigenvalue weighted by Gasteiger charge is 2.21. The van der Waals surface area contributed by atoms with Gasteiger partial charge in [0.15, 0.2) is 5.78 Å². The minimum Gasteiger partial charge on any atom is -0.496 e. The average molecular weight is 428 g/mol. The molecule has 0 amide bonds. The van der Waals surface area contributed by atoms with E-state index in [2.05, 4.69) is 6.58 Å². The Balaban J connectivity index is 2.40. The molecule has 5 heteroatoms. The van der Waals surface area contributed by atoms with Crippen molar-refractivity contribution in [2.24, 2.45) is 0 Å². The molecule has 0 radical (unpaired) electrons. The molecule has 0 bridgehead atoms. The van der Waals surface area contributed by atoms with Crippen LogP contribution >= 0.6 is 11.6 Å². The van der Waals surface area contributed by atoms with E-state index < -0.39 is 0 Å². The van der Waals surface area contributed by atoms with Gasteiger partial charge in [-0.25, -0.2) is 0 Å². The molecule has 0 N–H and O–H groups in total. The van der Waals surface area contributed by atoms with Crippen molar-refractivity contribution in [3.05, 3.63) is 76.3 Å². The van der Waals surface area contributed by atoms with Crippen LogP contribution in [0.15, 0.2) is 49.1 Å². The molecule has 0 spiro atoms. The highest BCUT2D eigenvalue weighted by atomic mass is 35.5. The maximum absolute atomic E-state index is 12.8. The molecule has 2 aromatic carbocycles. The van der Waals surface area contributed by atoms with Gasteiger partial charge in [-0.15, -0.1) is 6.58 Å². The molecule has 0 heterocycles. The van der Waals surface area contributed by atoms with E-state index in [1.165, 1.54) is 0 Å². The number of nitrogens with zero attached hydrogens (tertiary/aromatic N) is 1. The van der Waals surface area contributed by atoms with E-state index in [0.29, 0.717) is 22.9 Å². The first-order chi connectivity index (χ1) is 14.1. The first-order valence-corrected chi connectivity index (χ1v) is 10.1. The Morgan fingerprint density at radius 3 is 2.37 bits per heavy atom. The largest absolute Gasteiger partial charge is 0.496 e. The van der Waals surface area contributed by atoms with E-state index in [4.69, 9.17) is 21.1 Å². The van der Waals surface area contributed by atoms with Crippen LogP contribution < -0.4 is 9.47 Å². The molecule has 0 unspecified atom stereocenters. The van der Waals surface area contributed by atoms with E-state index in [1.807, 2.05) is 57.1 Å². The van der Waals surface area contributed by atoms with Crippen LogP contribution in [-0.4, -0.2) is 39.0 Å². The van der Waals surface area contributed by atoms with Gasteiger partial charge in [-0.1, -0.05) is 31.5 Å². The van der Waals surface area contributed by atoms with E-state index in [9.17, 15) is 4.79 Å². The van der Waals surface area contributed by atoms with Gasteiger partial charge in [0.2, 0.25) is 0 Å². The van der Waals surface area contributed by atoms with Gasteiger partial charge in [-0.05, 0) is 62.1 Å². The number of rotatable bonds is 9. The summed E-state index contributed by atoms with van der Waals surface area (Å²) in [6, 6.07) is 9.19. The van der Waals surface area contributed by atoms with Gasteiger partial charge in [0.05, 0.1) is 14.2 Å². The fourth-order valence-electron chi connectivity index (χ4n) is 3.14. The normalized spacial score (nSPS) is 11.7. The number of methoxy groups -OCH3 is 2. The lowest BCUT2D eigenvalue weighted by Gasteiger charge is -2.23. The van der Waals surface area contributed by atoms with Crippen molar-refractivity contribution in [1.29, 1.82) is 0 Å². The first kappa shape index (κ1) is 23.7. The maximum atomic E-state index is 12.8. The molecule has 4 nitrogen and oxygen atoms in total. The molecule has 0 saturated carbocycles. The molecule has 0 saturated heterocycles. The van der Waals surface area contributed by atoms with Crippen molar-refractivity contribution in [3.8, 4) is 11.5 Å². The van der Waals surface area contributed by atoms with Crippen LogP contribution in [0.1, 0.15) is 40.9 Å². The van der Waals surface area contributed by atoms with Crippen molar-refractivity contribution >= 4 is 23.5 Å². The van der Waals surface area contributed by atoms with Crippen LogP contribution in [0.2, 0.25) is 5.02 Å². The number of carbonyl (C=O) groups is 1. The zero-order chi connectivity index (χ0) is 22.5. The second kappa shape index (κ2) is 9.96. The Kier molecular flexibility index (Phi) is 7.88. The monoisotopic (exact) mass is 427 g/mol. The fraction of sp³-hybridized carbons (Fsp3) is 0.320. The van der Waals surface area contributed by atoms with Gasteiger partial charge in [0, 0.05) is 33.7 Å². The Hall–Kier alpha value is -2.56. The number of allylic oxidation sites excluding steroid dienone is 2. The molecule has 0 aliphatic rings. The van der Waals surface area contributed by atoms with Crippen LogP contribution in [0.4, 0.5) is 0 Å². The minimum atomic E-state index is -0.312. The summed E-state index contributed by atoms with van der Waals surface area (Å²) in [5, 5.41) is 0.601. The molecule has 2 aromatic rings. The van der Waals surface area contributed by atoms with Crippen LogP contribution in [0.5, 0.6) is 11.5 Å². The summed E-state index contributed by atoms with van der Waals surface area (Å²) in [7, 11) is 7.16. The van der Waals surface area contributed by atoms with E-state index in [0.717, 1.165) is 22.4 Å². The van der Waals surface area contributed by atoms with E-state index in [-0.39, 0.29) is 11.2 Å². The third-order valence-electron chi connectivity index (χ3n) is 4.99. The maximum Gasteiger partial charge on any atom is 0.185 e. The third-order valence-corrected chi connectivity index (χ3v) is 5.30. The zero-order valence-corrected chi connectivity index (χ0v) is 19.3. The molecule has 30 heavy (non-hydrogen) atoms. The van der Waals surface area contributed by atoms with Crippen molar-refractivity contribution in [2.75, 3.05) is 28.3 Å². The van der Waals surface area contributed by atoms with Crippen molar-refractivity contribution < 1.29 is 14.3 Å². The van der Waals surface area contributed by atoms with Gasteiger partial charge in [-0.2, -0.15) is 0 Å². The Morgan fingerprint density at radius 1 is 1.13 bits per heavy atom. The molecule has 0 aromatic heterocycles. The molecular weight excluding hydrogens is 398 g/mol. The predicted molar refractivity (Wildman–Crippen MR) is 125 cm³/mol. The summed E-state index contributed by atoms with van der Waals surface area (Å²) in [4.78, 5) is 14.9. The summed E-state index contributed by atoms with van der Waals surface area (Å²) in [6.07, 6.45) is 5.16. The highest BCUT2D eigenvalue weighted by Crippen LogP contribution is 2.36. The average Bonchev–Trinajstić information content (AvgIpc) is 2.71. The van der Waals surface area contributed by atoms with Crippen molar-refractivity contribution in [3.63, 3.8) is 0 Å². The van der Waals surface area contributed by atoms with Gasteiger partial charge in [-0.3, -0.25) is 4.79 Å². The summed E-state index contributed by atoms with van der Waals surface area (Å²) in [5.74, 6) is 1.27. The standard InChI is InChI=1S/C25H30ClNO3/c1-8-25(2,3)20-14-18(24(30-7)15-21(20)26)9-11-22(28)17-10-12-23(29-6)19(13-17)16-27(4)5/h8-15H,1,16H2,2-7H3. The lowest BCUT2D eigenvalue weighted by Crippen LogP contribution is -2.14. The second-order valence-electron chi connectivity index (χ2n) is 7.96. The number of halogens is 1. The van der Waals surface area contributed by atoms with E-state index >= 15 is 0 Å². The summed E-state index contributed by atoms with van der Waals surface area (Å²) in [6.45, 7) is 8.66. The molecule has 0 atom stereocenters.